The first-order valence-corrected chi connectivity index (χ1v) is 6.28. The zero-order valence-corrected chi connectivity index (χ0v) is 10.2. The van der Waals surface area contributed by atoms with E-state index in [4.69, 9.17) is 0 Å². The van der Waals surface area contributed by atoms with Crippen molar-refractivity contribution in [1.82, 2.24) is 15.6 Å². The zero-order valence-electron chi connectivity index (χ0n) is 10.2. The monoisotopic (exact) mass is 240 g/mol. The Kier molecular flexibility index (Phi) is 3.08. The lowest BCUT2D eigenvalue weighted by Gasteiger charge is -2.16. The Bertz CT molecular complexity index is 577. The predicted octanol–water partition coefficient (Wildman–Crippen LogP) is 1.67. The topological polar surface area (TPSA) is 49.3 Å². The zero-order chi connectivity index (χ0) is 12.2. The highest BCUT2D eigenvalue weighted by Gasteiger charge is 2.03. The summed E-state index contributed by atoms with van der Waals surface area (Å²) in [4.78, 5) is 8.70. The first-order valence-electron chi connectivity index (χ1n) is 6.28. The van der Waals surface area contributed by atoms with Crippen molar-refractivity contribution in [1.29, 1.82) is 0 Å². The van der Waals surface area contributed by atoms with Gasteiger partial charge in [0.1, 0.15) is 0 Å². The minimum atomic E-state index is 0.788. The molecule has 0 saturated carbocycles. The van der Waals surface area contributed by atoms with E-state index in [9.17, 15) is 0 Å². The number of nitrogens with one attached hydrogen (secondary N) is 2. The summed E-state index contributed by atoms with van der Waals surface area (Å²) < 4.78 is 0. The van der Waals surface area contributed by atoms with Crippen molar-refractivity contribution < 1.29 is 0 Å². The summed E-state index contributed by atoms with van der Waals surface area (Å²) in [6.45, 7) is 2.71. The highest BCUT2D eigenvalue weighted by atomic mass is 15.2. The van der Waals surface area contributed by atoms with E-state index in [1.165, 1.54) is 10.9 Å². The van der Waals surface area contributed by atoms with Gasteiger partial charge in [0.25, 0.3) is 0 Å². The molecule has 0 fully saturated rings. The van der Waals surface area contributed by atoms with E-state index in [1.807, 2.05) is 12.3 Å². The standard InChI is InChI=1S/C14H16N4/c1-3-12-9-11(4-5-13(12)15-6-1)10-18-14-16-7-2-8-17-14/h1,3-6,9H,2,7-8,10H2,(H2,16,17,18). The molecule has 2 heterocycles. The molecular formula is C14H16N4. The number of fused-ring (bicyclic) bond motifs is 1. The minimum absolute atomic E-state index is 0.788. The van der Waals surface area contributed by atoms with E-state index in [2.05, 4.69) is 44.9 Å². The SMILES string of the molecule is c1cnc2ccc(CNC3=NCCCN3)cc2c1. The Balaban J connectivity index is 1.72. The number of hydrogen-bond donors (Lipinski definition) is 2. The maximum atomic E-state index is 4.39. The molecule has 1 aliphatic heterocycles. The molecule has 2 N–H and O–H groups in total. The third-order valence-electron chi connectivity index (χ3n) is 3.02. The van der Waals surface area contributed by atoms with Crippen molar-refractivity contribution in [3.8, 4) is 0 Å². The average Bonchev–Trinajstić information content (AvgIpc) is 2.46. The van der Waals surface area contributed by atoms with Crippen LogP contribution in [0.2, 0.25) is 0 Å². The van der Waals surface area contributed by atoms with Crippen LogP contribution in [0, 0.1) is 0 Å². The lowest BCUT2D eigenvalue weighted by atomic mass is 10.1. The average molecular weight is 240 g/mol. The fraction of sp³-hybridized carbons (Fsp3) is 0.286. The second kappa shape index (κ2) is 5.04. The van der Waals surface area contributed by atoms with E-state index < -0.39 is 0 Å². The highest BCUT2D eigenvalue weighted by molar-refractivity contribution is 5.81. The number of pyridine rings is 1. The maximum absolute atomic E-state index is 4.39. The molecule has 1 aliphatic rings. The smallest absolute Gasteiger partial charge is 0.191 e. The molecule has 0 saturated heterocycles. The number of hydrogen-bond acceptors (Lipinski definition) is 4. The quantitative estimate of drug-likeness (QED) is 0.839. The van der Waals surface area contributed by atoms with Gasteiger partial charge in [-0.2, -0.15) is 0 Å². The number of aliphatic imine (C=N–C) groups is 1. The Hall–Kier alpha value is -2.10. The molecule has 0 bridgehead atoms. The number of benzene rings is 1. The minimum Gasteiger partial charge on any atom is -0.356 e. The van der Waals surface area contributed by atoms with Gasteiger partial charge in [-0.3, -0.25) is 9.98 Å². The van der Waals surface area contributed by atoms with E-state index in [1.54, 1.807) is 0 Å². The van der Waals surface area contributed by atoms with Crippen LogP contribution in [-0.4, -0.2) is 24.0 Å². The molecule has 1 aromatic carbocycles. The largest absolute Gasteiger partial charge is 0.356 e. The van der Waals surface area contributed by atoms with Crippen LogP contribution in [-0.2, 0) is 6.54 Å². The summed E-state index contributed by atoms with van der Waals surface area (Å²) in [6.07, 6.45) is 2.94. The molecule has 0 atom stereocenters. The van der Waals surface area contributed by atoms with Gasteiger partial charge in [0.15, 0.2) is 5.96 Å². The van der Waals surface area contributed by atoms with Crippen LogP contribution in [0.4, 0.5) is 0 Å². The molecule has 0 radical (unpaired) electrons. The molecule has 0 spiro atoms. The molecule has 92 valence electrons. The van der Waals surface area contributed by atoms with Crippen molar-refractivity contribution in [3.05, 3.63) is 42.1 Å². The first kappa shape index (κ1) is 11.0. The van der Waals surface area contributed by atoms with Crippen LogP contribution in [0.3, 0.4) is 0 Å². The summed E-state index contributed by atoms with van der Waals surface area (Å²) in [7, 11) is 0. The van der Waals surface area contributed by atoms with Crippen LogP contribution in [0.5, 0.6) is 0 Å². The van der Waals surface area contributed by atoms with Gasteiger partial charge in [-0.05, 0) is 30.2 Å². The van der Waals surface area contributed by atoms with E-state index in [0.29, 0.717) is 0 Å². The molecular weight excluding hydrogens is 224 g/mol. The Morgan fingerprint density at radius 1 is 1.28 bits per heavy atom. The predicted molar refractivity (Wildman–Crippen MR) is 73.5 cm³/mol. The van der Waals surface area contributed by atoms with E-state index in [0.717, 1.165) is 37.5 Å². The van der Waals surface area contributed by atoms with Crippen LogP contribution in [0.1, 0.15) is 12.0 Å². The van der Waals surface area contributed by atoms with Gasteiger partial charge in [-0.25, -0.2) is 0 Å². The van der Waals surface area contributed by atoms with Crippen molar-refractivity contribution in [3.63, 3.8) is 0 Å². The normalized spacial score (nSPS) is 15.0. The van der Waals surface area contributed by atoms with Crippen LogP contribution >= 0.6 is 0 Å². The summed E-state index contributed by atoms with van der Waals surface area (Å²) in [5.74, 6) is 0.910. The summed E-state index contributed by atoms with van der Waals surface area (Å²) in [5.41, 5.74) is 2.28. The number of nitrogens with zero attached hydrogens (tertiary/aromatic N) is 2. The molecule has 0 amide bonds. The Morgan fingerprint density at radius 3 is 3.17 bits per heavy atom. The molecule has 2 aromatic rings. The second-order valence-corrected chi connectivity index (χ2v) is 4.39. The van der Waals surface area contributed by atoms with Gasteiger partial charge in [0, 0.05) is 31.2 Å². The fourth-order valence-electron chi connectivity index (χ4n) is 2.07. The summed E-state index contributed by atoms with van der Waals surface area (Å²) in [5, 5.41) is 7.75. The Morgan fingerprint density at radius 2 is 2.28 bits per heavy atom. The first-order chi connectivity index (χ1) is 8.92. The highest BCUT2D eigenvalue weighted by Crippen LogP contribution is 2.13. The molecule has 3 rings (SSSR count). The molecule has 4 nitrogen and oxygen atoms in total. The summed E-state index contributed by atoms with van der Waals surface area (Å²) >= 11 is 0. The fourth-order valence-corrected chi connectivity index (χ4v) is 2.07. The van der Waals surface area contributed by atoms with Crippen LogP contribution in [0.25, 0.3) is 10.9 Å². The van der Waals surface area contributed by atoms with E-state index >= 15 is 0 Å². The van der Waals surface area contributed by atoms with Crippen molar-refractivity contribution in [2.75, 3.05) is 13.1 Å². The Labute approximate surface area is 106 Å². The molecule has 1 aromatic heterocycles. The van der Waals surface area contributed by atoms with Crippen LogP contribution < -0.4 is 10.6 Å². The molecule has 18 heavy (non-hydrogen) atoms. The van der Waals surface area contributed by atoms with Crippen molar-refractivity contribution in [2.45, 2.75) is 13.0 Å². The van der Waals surface area contributed by atoms with Crippen LogP contribution in [0.15, 0.2) is 41.5 Å². The van der Waals surface area contributed by atoms with Gasteiger partial charge in [0.05, 0.1) is 5.52 Å². The van der Waals surface area contributed by atoms with Crippen molar-refractivity contribution >= 4 is 16.9 Å². The lowest BCUT2D eigenvalue weighted by Crippen LogP contribution is -2.40. The number of rotatable bonds is 2. The summed E-state index contributed by atoms with van der Waals surface area (Å²) in [6, 6.07) is 10.4. The maximum Gasteiger partial charge on any atom is 0.191 e. The molecule has 0 aliphatic carbocycles. The molecule has 4 heteroatoms. The third-order valence-corrected chi connectivity index (χ3v) is 3.02. The van der Waals surface area contributed by atoms with Gasteiger partial charge < -0.3 is 10.6 Å². The van der Waals surface area contributed by atoms with E-state index in [-0.39, 0.29) is 0 Å². The van der Waals surface area contributed by atoms with Gasteiger partial charge in [-0.1, -0.05) is 12.1 Å². The van der Waals surface area contributed by atoms with Gasteiger partial charge in [0.2, 0.25) is 0 Å². The number of aromatic nitrogens is 1. The lowest BCUT2D eigenvalue weighted by molar-refractivity contribution is 0.702. The second-order valence-electron chi connectivity index (χ2n) is 4.39. The number of guanidine groups is 1. The van der Waals surface area contributed by atoms with Crippen molar-refractivity contribution in [2.24, 2.45) is 4.99 Å². The van der Waals surface area contributed by atoms with Gasteiger partial charge >= 0.3 is 0 Å². The van der Waals surface area contributed by atoms with Gasteiger partial charge in [-0.15, -0.1) is 0 Å². The molecule has 0 unspecified atom stereocenters. The third kappa shape index (κ3) is 2.42.